The summed E-state index contributed by atoms with van der Waals surface area (Å²) in [7, 11) is 0. The van der Waals surface area contributed by atoms with Crippen LogP contribution < -0.4 is 5.32 Å². The molecule has 0 radical (unpaired) electrons. The van der Waals surface area contributed by atoms with E-state index < -0.39 is 5.97 Å². The Kier molecular flexibility index (Phi) is 5.88. The fourth-order valence-corrected chi connectivity index (χ4v) is 5.35. The number of hydrogen-bond acceptors (Lipinski definition) is 4. The molecule has 1 amide bonds. The molecular formula is C30H26N4O3. The van der Waals surface area contributed by atoms with Crippen LogP contribution in [0.5, 0.6) is 0 Å². The number of carbonyl (C=O) groups excluding carboxylic acids is 1. The van der Waals surface area contributed by atoms with Gasteiger partial charge < -0.3 is 15.0 Å². The molecule has 7 nitrogen and oxygen atoms in total. The lowest BCUT2D eigenvalue weighted by Gasteiger charge is -2.25. The second-order valence-electron chi connectivity index (χ2n) is 9.52. The lowest BCUT2D eigenvalue weighted by Crippen LogP contribution is -2.15. The van der Waals surface area contributed by atoms with E-state index in [0.29, 0.717) is 16.8 Å². The second kappa shape index (κ2) is 9.50. The maximum absolute atomic E-state index is 13.3. The van der Waals surface area contributed by atoms with E-state index in [4.69, 9.17) is 4.98 Å². The topological polar surface area (TPSA) is 97.1 Å². The highest BCUT2D eigenvalue weighted by atomic mass is 16.4. The van der Waals surface area contributed by atoms with Crippen LogP contribution in [0.2, 0.25) is 0 Å². The minimum atomic E-state index is -0.974. The molecule has 6 rings (SSSR count). The summed E-state index contributed by atoms with van der Waals surface area (Å²) >= 11 is 0. The van der Waals surface area contributed by atoms with Crippen LogP contribution in [0.1, 0.15) is 58.9 Å². The van der Waals surface area contributed by atoms with Gasteiger partial charge in [-0.05, 0) is 67.4 Å². The lowest BCUT2D eigenvalue weighted by molar-refractivity contribution is 0.0696. The van der Waals surface area contributed by atoms with Crippen LogP contribution in [0.4, 0.5) is 5.69 Å². The van der Waals surface area contributed by atoms with Crippen molar-refractivity contribution in [2.24, 2.45) is 0 Å². The maximum Gasteiger partial charge on any atom is 0.335 e. The number of amides is 1. The molecule has 0 bridgehead atoms. The van der Waals surface area contributed by atoms with E-state index in [1.165, 1.54) is 6.42 Å². The highest BCUT2D eigenvalue weighted by molar-refractivity contribution is 6.09. The third-order valence-electron chi connectivity index (χ3n) is 7.15. The Hall–Kier alpha value is -4.52. The molecule has 2 heterocycles. The van der Waals surface area contributed by atoms with Crippen molar-refractivity contribution in [1.82, 2.24) is 14.5 Å². The minimum absolute atomic E-state index is 0.213. The molecule has 37 heavy (non-hydrogen) atoms. The van der Waals surface area contributed by atoms with Crippen molar-refractivity contribution in [1.29, 1.82) is 0 Å². The number of nitrogens with one attached hydrogen (secondary N) is 1. The summed E-state index contributed by atoms with van der Waals surface area (Å²) in [6, 6.07) is 22.3. The van der Waals surface area contributed by atoms with Gasteiger partial charge in [-0.25, -0.2) is 9.78 Å². The number of nitrogens with zero attached hydrogens (tertiary/aromatic N) is 3. The van der Waals surface area contributed by atoms with E-state index >= 15 is 0 Å². The van der Waals surface area contributed by atoms with Gasteiger partial charge >= 0.3 is 5.97 Å². The van der Waals surface area contributed by atoms with Crippen molar-refractivity contribution in [3.63, 3.8) is 0 Å². The van der Waals surface area contributed by atoms with Crippen LogP contribution in [-0.2, 0) is 0 Å². The monoisotopic (exact) mass is 490 g/mol. The van der Waals surface area contributed by atoms with E-state index in [9.17, 15) is 14.7 Å². The highest BCUT2D eigenvalue weighted by Crippen LogP contribution is 2.36. The van der Waals surface area contributed by atoms with Gasteiger partial charge in [0.25, 0.3) is 5.91 Å². The number of rotatable bonds is 5. The summed E-state index contributed by atoms with van der Waals surface area (Å²) < 4.78 is 2.24. The number of aromatic carboxylic acids is 1. The summed E-state index contributed by atoms with van der Waals surface area (Å²) in [4.78, 5) is 34.1. The van der Waals surface area contributed by atoms with Gasteiger partial charge in [-0.1, -0.05) is 37.5 Å². The van der Waals surface area contributed by atoms with Gasteiger partial charge in [0, 0.05) is 28.8 Å². The largest absolute Gasteiger partial charge is 0.478 e. The first-order valence-corrected chi connectivity index (χ1v) is 12.6. The molecule has 0 saturated heterocycles. The van der Waals surface area contributed by atoms with Gasteiger partial charge in [0.15, 0.2) is 0 Å². The zero-order valence-corrected chi connectivity index (χ0v) is 20.2. The average Bonchev–Trinajstić information content (AvgIpc) is 3.33. The van der Waals surface area contributed by atoms with Gasteiger partial charge in [-0.3, -0.25) is 9.78 Å². The minimum Gasteiger partial charge on any atom is -0.478 e. The lowest BCUT2D eigenvalue weighted by atomic mass is 9.94. The number of fused-ring (bicyclic) bond motifs is 2. The Morgan fingerprint density at radius 2 is 1.70 bits per heavy atom. The SMILES string of the molecule is O=C(O)c1ccc2c(c1)nc(-c1cccc(C(=O)Nc3cccc4ncccc34)c1)n2C1CCCCC1. The molecule has 2 aromatic heterocycles. The Bertz CT molecular complexity index is 1640. The molecule has 2 N–H and O–H groups in total. The predicted octanol–water partition coefficient (Wildman–Crippen LogP) is 6.71. The molecule has 0 spiro atoms. The van der Waals surface area contributed by atoms with Crippen molar-refractivity contribution >= 4 is 39.5 Å². The number of anilines is 1. The number of carbonyl (C=O) groups is 2. The van der Waals surface area contributed by atoms with E-state index in [2.05, 4.69) is 14.9 Å². The number of aromatic nitrogens is 3. The van der Waals surface area contributed by atoms with Gasteiger partial charge in [-0.2, -0.15) is 0 Å². The molecule has 3 aromatic carbocycles. The van der Waals surface area contributed by atoms with Crippen LogP contribution in [0.25, 0.3) is 33.3 Å². The first-order chi connectivity index (χ1) is 18.1. The summed E-state index contributed by atoms with van der Waals surface area (Å²) in [6.07, 6.45) is 7.36. The van der Waals surface area contributed by atoms with Crippen molar-refractivity contribution in [2.45, 2.75) is 38.1 Å². The van der Waals surface area contributed by atoms with Gasteiger partial charge in [-0.15, -0.1) is 0 Å². The van der Waals surface area contributed by atoms with Gasteiger partial charge in [0.1, 0.15) is 5.82 Å². The Morgan fingerprint density at radius 3 is 2.54 bits per heavy atom. The van der Waals surface area contributed by atoms with E-state index in [-0.39, 0.29) is 17.5 Å². The van der Waals surface area contributed by atoms with Gasteiger partial charge in [0.2, 0.25) is 0 Å². The molecule has 0 aliphatic heterocycles. The summed E-state index contributed by atoms with van der Waals surface area (Å²) in [5, 5.41) is 13.4. The first-order valence-electron chi connectivity index (χ1n) is 12.6. The fourth-order valence-electron chi connectivity index (χ4n) is 5.35. The van der Waals surface area contributed by atoms with Crippen molar-refractivity contribution in [3.05, 3.63) is 90.1 Å². The number of carboxylic acids is 1. The third kappa shape index (κ3) is 4.33. The van der Waals surface area contributed by atoms with Crippen LogP contribution >= 0.6 is 0 Å². The number of pyridine rings is 1. The molecule has 5 aromatic rings. The molecule has 0 unspecified atom stereocenters. The second-order valence-corrected chi connectivity index (χ2v) is 9.52. The molecule has 184 valence electrons. The Balaban J connectivity index is 1.40. The molecule has 1 saturated carbocycles. The average molecular weight is 491 g/mol. The van der Waals surface area contributed by atoms with E-state index in [1.54, 1.807) is 24.4 Å². The smallest absolute Gasteiger partial charge is 0.335 e. The van der Waals surface area contributed by atoms with Crippen molar-refractivity contribution in [3.8, 4) is 11.4 Å². The summed E-state index contributed by atoms with van der Waals surface area (Å²) in [5.74, 6) is -0.432. The van der Waals surface area contributed by atoms with Crippen molar-refractivity contribution < 1.29 is 14.7 Å². The van der Waals surface area contributed by atoms with Crippen LogP contribution in [0.15, 0.2) is 79.0 Å². The molecule has 1 aliphatic carbocycles. The summed E-state index contributed by atoms with van der Waals surface area (Å²) in [6.45, 7) is 0. The van der Waals surface area contributed by atoms with Gasteiger partial charge in [0.05, 0.1) is 27.8 Å². The Labute approximate surface area is 213 Å². The maximum atomic E-state index is 13.3. The third-order valence-corrected chi connectivity index (χ3v) is 7.15. The van der Waals surface area contributed by atoms with E-state index in [1.807, 2.05) is 54.6 Å². The van der Waals surface area contributed by atoms with E-state index in [0.717, 1.165) is 53.5 Å². The number of imidazole rings is 1. The number of carboxylic acid groups (broad SMARTS) is 1. The zero-order chi connectivity index (χ0) is 25.4. The molecule has 7 heteroatoms. The molecule has 1 aliphatic rings. The van der Waals surface area contributed by atoms with Crippen LogP contribution in [0.3, 0.4) is 0 Å². The van der Waals surface area contributed by atoms with Crippen LogP contribution in [0, 0.1) is 0 Å². The normalized spacial score (nSPS) is 14.2. The van der Waals surface area contributed by atoms with Crippen molar-refractivity contribution in [2.75, 3.05) is 5.32 Å². The molecule has 1 fully saturated rings. The zero-order valence-electron chi connectivity index (χ0n) is 20.2. The highest BCUT2D eigenvalue weighted by Gasteiger charge is 2.23. The molecule has 0 atom stereocenters. The Morgan fingerprint density at radius 1 is 0.865 bits per heavy atom. The number of hydrogen-bond donors (Lipinski definition) is 2. The fraction of sp³-hybridized carbons (Fsp3) is 0.200. The standard InChI is InChI=1S/C30H26N4O3/c35-29(33-25-13-5-12-24-23(25)11-6-16-31-24)20-8-4-7-19(17-20)28-32-26-18-21(30(36)37)14-15-27(26)34(28)22-9-2-1-3-10-22/h4-8,11-18,22H,1-3,9-10H2,(H,33,35)(H,36,37). The molecular weight excluding hydrogens is 464 g/mol. The first kappa shape index (κ1) is 22.9. The predicted molar refractivity (Wildman–Crippen MR) is 144 cm³/mol. The summed E-state index contributed by atoms with van der Waals surface area (Å²) in [5.41, 5.74) is 4.65. The van der Waals surface area contributed by atoms with Crippen LogP contribution in [-0.4, -0.2) is 31.5 Å². The quantitative estimate of drug-likeness (QED) is 0.285. The number of benzene rings is 3.